The molecule has 178 valence electrons. The van der Waals surface area contributed by atoms with Crippen LogP contribution < -0.4 is 4.72 Å². The molecule has 6 nitrogen and oxygen atoms in total. The molecule has 0 saturated carbocycles. The summed E-state index contributed by atoms with van der Waals surface area (Å²) in [5, 5.41) is -0.518. The van der Waals surface area contributed by atoms with Crippen molar-refractivity contribution >= 4 is 15.9 Å². The fraction of sp³-hybridized carbons (Fsp3) is 0.308. The second-order valence-electron chi connectivity index (χ2n) is 8.93. The normalized spacial score (nSPS) is 18.7. The summed E-state index contributed by atoms with van der Waals surface area (Å²) in [7, 11) is -4.30. The summed E-state index contributed by atoms with van der Waals surface area (Å²) in [5.41, 5.74) is 5.68. The van der Waals surface area contributed by atoms with Crippen LogP contribution in [0.5, 0.6) is 0 Å². The van der Waals surface area contributed by atoms with E-state index in [-0.39, 0.29) is 5.92 Å². The number of aryl methyl sites for hydroxylation is 3. The van der Waals surface area contributed by atoms with E-state index in [1.807, 2.05) is 42.2 Å². The fourth-order valence-corrected chi connectivity index (χ4v) is 5.74. The zero-order chi connectivity index (χ0) is 24.5. The van der Waals surface area contributed by atoms with E-state index in [9.17, 15) is 17.6 Å². The van der Waals surface area contributed by atoms with Crippen LogP contribution in [0.1, 0.15) is 40.2 Å². The van der Waals surface area contributed by atoms with E-state index >= 15 is 0 Å². The Morgan fingerprint density at radius 3 is 2.38 bits per heavy atom. The van der Waals surface area contributed by atoms with E-state index in [0.717, 1.165) is 34.4 Å². The van der Waals surface area contributed by atoms with E-state index in [4.69, 9.17) is 0 Å². The Bertz CT molecular complexity index is 1290. The lowest BCUT2D eigenvalue weighted by Crippen LogP contribution is -2.45. The third kappa shape index (κ3) is 5.18. The molecule has 0 spiro atoms. The molecule has 2 heterocycles. The Kier molecular flexibility index (Phi) is 6.81. The summed E-state index contributed by atoms with van der Waals surface area (Å²) in [4.78, 5) is 18.7. The van der Waals surface area contributed by atoms with Crippen LogP contribution in [0.15, 0.2) is 65.7 Å². The van der Waals surface area contributed by atoms with Gasteiger partial charge in [-0.1, -0.05) is 54.1 Å². The van der Waals surface area contributed by atoms with Crippen molar-refractivity contribution in [2.24, 2.45) is 0 Å². The van der Waals surface area contributed by atoms with Gasteiger partial charge in [-0.25, -0.2) is 9.71 Å². The van der Waals surface area contributed by atoms with Gasteiger partial charge in [-0.05, 0) is 67.5 Å². The number of sulfonamides is 1. The molecule has 1 fully saturated rings. The molecule has 1 amide bonds. The van der Waals surface area contributed by atoms with Crippen LogP contribution in [0.25, 0.3) is 0 Å². The van der Waals surface area contributed by atoms with Crippen molar-refractivity contribution in [1.29, 1.82) is 0 Å². The van der Waals surface area contributed by atoms with Gasteiger partial charge in [-0.3, -0.25) is 9.69 Å². The largest absolute Gasteiger partial charge is 0.287 e. The smallest absolute Gasteiger partial charge is 0.281 e. The highest BCUT2D eigenvalue weighted by Gasteiger charge is 2.39. The summed E-state index contributed by atoms with van der Waals surface area (Å²) in [6.45, 7) is 7.29. The molecule has 8 heteroatoms. The number of rotatable bonds is 6. The maximum atomic E-state index is 13.5. The van der Waals surface area contributed by atoms with Crippen molar-refractivity contribution in [3.05, 3.63) is 94.4 Å². The Morgan fingerprint density at radius 1 is 1.06 bits per heavy atom. The van der Waals surface area contributed by atoms with Gasteiger partial charge >= 0.3 is 0 Å². The highest BCUT2D eigenvalue weighted by atomic mass is 32.2. The summed E-state index contributed by atoms with van der Waals surface area (Å²) >= 11 is 0. The first-order chi connectivity index (χ1) is 16.1. The number of nitrogens with zero attached hydrogens (tertiary/aromatic N) is 2. The number of amides is 1. The van der Waals surface area contributed by atoms with Crippen LogP contribution in [0.4, 0.5) is 4.39 Å². The highest BCUT2D eigenvalue weighted by molar-refractivity contribution is 7.90. The summed E-state index contributed by atoms with van der Waals surface area (Å²) in [6, 6.07) is 16.9. The van der Waals surface area contributed by atoms with E-state index in [1.54, 1.807) is 0 Å². The maximum Gasteiger partial charge on any atom is 0.281 e. The van der Waals surface area contributed by atoms with Gasteiger partial charge in [0.15, 0.2) is 5.03 Å². The lowest BCUT2D eigenvalue weighted by Gasteiger charge is -2.25. The first-order valence-electron chi connectivity index (χ1n) is 11.2. The standard InChI is InChI=1S/C26H28FN3O3S/c1-17-12-18(2)22(19(3)13-17)16-30-15-21(20-8-5-4-6-9-20)14-23(30)26(31)29-34(32,33)25-11-7-10-24(27)28-25/h4-13,21,23H,14-16H2,1-3H3,(H,29,31)/t21-,23-/m0/s1. The second kappa shape index (κ2) is 9.64. The number of pyridine rings is 1. The van der Waals surface area contributed by atoms with Crippen molar-refractivity contribution in [3.63, 3.8) is 0 Å². The summed E-state index contributed by atoms with van der Waals surface area (Å²) < 4.78 is 41.1. The molecule has 0 aliphatic carbocycles. The average molecular weight is 482 g/mol. The van der Waals surface area contributed by atoms with Crippen LogP contribution in [0.2, 0.25) is 0 Å². The lowest BCUT2D eigenvalue weighted by atomic mass is 9.96. The van der Waals surface area contributed by atoms with Gasteiger partial charge in [0.05, 0.1) is 6.04 Å². The highest BCUT2D eigenvalue weighted by Crippen LogP contribution is 2.34. The molecule has 1 aliphatic heterocycles. The molecule has 0 bridgehead atoms. The summed E-state index contributed by atoms with van der Waals surface area (Å²) in [5.74, 6) is -1.47. The minimum Gasteiger partial charge on any atom is -0.287 e. The van der Waals surface area contributed by atoms with Crippen molar-refractivity contribution < 1.29 is 17.6 Å². The molecule has 1 aromatic heterocycles. The Labute approximate surface area is 199 Å². The molecule has 1 aliphatic rings. The number of aromatic nitrogens is 1. The molecule has 1 saturated heterocycles. The second-order valence-corrected chi connectivity index (χ2v) is 10.6. The van der Waals surface area contributed by atoms with Gasteiger partial charge in [-0.2, -0.15) is 12.8 Å². The topological polar surface area (TPSA) is 79.4 Å². The number of carbonyl (C=O) groups excluding carboxylic acids is 1. The molecule has 34 heavy (non-hydrogen) atoms. The van der Waals surface area contributed by atoms with Gasteiger partial charge in [0.25, 0.3) is 15.9 Å². The van der Waals surface area contributed by atoms with Gasteiger partial charge in [0, 0.05) is 13.1 Å². The number of carbonyl (C=O) groups is 1. The van der Waals surface area contributed by atoms with Crippen molar-refractivity contribution in [3.8, 4) is 0 Å². The zero-order valence-corrected chi connectivity index (χ0v) is 20.3. The molecule has 2 aromatic carbocycles. The third-order valence-corrected chi connectivity index (χ3v) is 7.63. The SMILES string of the molecule is Cc1cc(C)c(CN2C[C@@H](c3ccccc3)C[C@H]2C(=O)NS(=O)(=O)c2cccc(F)n2)c(C)c1. The van der Waals surface area contributed by atoms with E-state index in [1.165, 1.54) is 11.6 Å². The van der Waals surface area contributed by atoms with Gasteiger partial charge in [0.1, 0.15) is 0 Å². The number of hydrogen-bond donors (Lipinski definition) is 1. The Hall–Kier alpha value is -3.10. The van der Waals surface area contributed by atoms with E-state index in [2.05, 4.69) is 35.7 Å². The average Bonchev–Trinajstić information content (AvgIpc) is 3.21. The minimum atomic E-state index is -4.30. The fourth-order valence-electron chi connectivity index (χ4n) is 4.77. The molecule has 4 rings (SSSR count). The maximum absolute atomic E-state index is 13.5. The van der Waals surface area contributed by atoms with Crippen molar-refractivity contribution in [1.82, 2.24) is 14.6 Å². The number of nitrogens with one attached hydrogen (secondary N) is 1. The Balaban J connectivity index is 1.62. The van der Waals surface area contributed by atoms with Gasteiger partial charge in [-0.15, -0.1) is 0 Å². The van der Waals surface area contributed by atoms with Crippen LogP contribution in [-0.4, -0.2) is 36.8 Å². The van der Waals surface area contributed by atoms with E-state index < -0.39 is 32.9 Å². The Morgan fingerprint density at radius 2 is 1.74 bits per heavy atom. The molecular formula is C26H28FN3O3S. The minimum absolute atomic E-state index is 0.0815. The number of halogens is 1. The third-order valence-electron chi connectivity index (χ3n) is 6.38. The van der Waals surface area contributed by atoms with Gasteiger partial charge in [0.2, 0.25) is 5.95 Å². The van der Waals surface area contributed by atoms with E-state index in [0.29, 0.717) is 19.5 Å². The van der Waals surface area contributed by atoms with Crippen LogP contribution in [0.3, 0.4) is 0 Å². The monoisotopic (exact) mass is 481 g/mol. The first kappa shape index (κ1) is 24.0. The van der Waals surface area contributed by atoms with Crippen LogP contribution >= 0.6 is 0 Å². The molecule has 2 atom stereocenters. The van der Waals surface area contributed by atoms with Crippen LogP contribution in [-0.2, 0) is 21.4 Å². The molecule has 3 aromatic rings. The molecule has 0 unspecified atom stereocenters. The zero-order valence-electron chi connectivity index (χ0n) is 19.5. The number of benzene rings is 2. The molecule has 0 radical (unpaired) electrons. The lowest BCUT2D eigenvalue weighted by molar-refractivity contribution is -0.123. The van der Waals surface area contributed by atoms with Crippen molar-refractivity contribution in [2.45, 2.75) is 50.7 Å². The predicted octanol–water partition coefficient (Wildman–Crippen LogP) is 4.01. The summed E-state index contributed by atoms with van der Waals surface area (Å²) in [6.07, 6.45) is 0.478. The number of hydrogen-bond acceptors (Lipinski definition) is 5. The first-order valence-corrected chi connectivity index (χ1v) is 12.7. The quantitative estimate of drug-likeness (QED) is 0.538. The van der Waals surface area contributed by atoms with Gasteiger partial charge < -0.3 is 0 Å². The molecular weight excluding hydrogens is 453 g/mol. The predicted molar refractivity (Wildman–Crippen MR) is 128 cm³/mol. The number of likely N-dealkylation sites (tertiary alicyclic amines) is 1. The van der Waals surface area contributed by atoms with Crippen molar-refractivity contribution in [2.75, 3.05) is 6.54 Å². The van der Waals surface area contributed by atoms with Crippen LogP contribution in [0, 0.1) is 26.7 Å². The molecule has 1 N–H and O–H groups in total.